The Kier molecular flexibility index (Phi) is 7.44. The van der Waals surface area contributed by atoms with Gasteiger partial charge in [-0.25, -0.2) is 4.39 Å². The van der Waals surface area contributed by atoms with Crippen molar-refractivity contribution in [2.24, 2.45) is 0 Å². The maximum absolute atomic E-state index is 12.9. The van der Waals surface area contributed by atoms with E-state index in [1.54, 1.807) is 12.1 Å². The average molecular weight is 407 g/mol. The van der Waals surface area contributed by atoms with E-state index in [0.29, 0.717) is 25.3 Å². The van der Waals surface area contributed by atoms with Crippen LogP contribution < -0.4 is 14.8 Å². The van der Waals surface area contributed by atoms with Gasteiger partial charge in [-0.15, -0.1) is 0 Å². The molecule has 4 nitrogen and oxygen atoms in total. The van der Waals surface area contributed by atoms with Crippen molar-refractivity contribution >= 4 is 5.91 Å². The number of carbonyl (C=O) groups is 1. The fourth-order valence-corrected chi connectivity index (χ4v) is 2.92. The van der Waals surface area contributed by atoms with E-state index in [4.69, 9.17) is 9.47 Å². The molecule has 5 heteroatoms. The Balaban J connectivity index is 1.49. The zero-order valence-corrected chi connectivity index (χ0v) is 17.2. The molecule has 1 N–H and O–H groups in total. The van der Waals surface area contributed by atoms with Gasteiger partial charge in [-0.2, -0.15) is 0 Å². The molecule has 156 valence electrons. The highest BCUT2D eigenvalue weighted by Crippen LogP contribution is 2.19. The van der Waals surface area contributed by atoms with E-state index in [1.165, 1.54) is 12.1 Å². The number of rotatable bonds is 9. The predicted octanol–water partition coefficient (Wildman–Crippen LogP) is 5.19. The van der Waals surface area contributed by atoms with E-state index in [-0.39, 0.29) is 11.7 Å². The summed E-state index contributed by atoms with van der Waals surface area (Å²) in [7, 11) is 0. The smallest absolute Gasteiger partial charge is 0.261 e. The van der Waals surface area contributed by atoms with Crippen LogP contribution in [0.15, 0.2) is 72.8 Å². The minimum atomic E-state index is -0.538. The van der Waals surface area contributed by atoms with Crippen LogP contribution in [0.3, 0.4) is 0 Å². The maximum atomic E-state index is 12.9. The molecule has 0 aliphatic heterocycles. The second-order valence-corrected chi connectivity index (χ2v) is 7.06. The zero-order chi connectivity index (χ0) is 21.3. The van der Waals surface area contributed by atoms with Crippen molar-refractivity contribution in [3.05, 3.63) is 95.3 Å². The lowest BCUT2D eigenvalue weighted by atomic mass is 10.2. The molecule has 0 saturated heterocycles. The lowest BCUT2D eigenvalue weighted by Crippen LogP contribution is -2.37. The van der Waals surface area contributed by atoms with Crippen LogP contribution in [-0.4, -0.2) is 12.0 Å². The minimum Gasteiger partial charge on any atom is -0.489 e. The van der Waals surface area contributed by atoms with Gasteiger partial charge in [0.05, 0.1) is 0 Å². The molecule has 1 amide bonds. The maximum Gasteiger partial charge on any atom is 0.261 e. The Morgan fingerprint density at radius 3 is 2.30 bits per heavy atom. The third-order valence-corrected chi connectivity index (χ3v) is 4.73. The van der Waals surface area contributed by atoms with Crippen LogP contribution in [0.1, 0.15) is 30.0 Å². The van der Waals surface area contributed by atoms with Gasteiger partial charge in [0.25, 0.3) is 5.91 Å². The van der Waals surface area contributed by atoms with Crippen molar-refractivity contribution in [1.29, 1.82) is 0 Å². The van der Waals surface area contributed by atoms with Gasteiger partial charge in [0.15, 0.2) is 6.10 Å². The van der Waals surface area contributed by atoms with E-state index < -0.39 is 6.10 Å². The van der Waals surface area contributed by atoms with Crippen LogP contribution >= 0.6 is 0 Å². The monoisotopic (exact) mass is 407 g/mol. The molecule has 0 aliphatic rings. The molecule has 0 heterocycles. The second kappa shape index (κ2) is 10.4. The number of hydrogen-bond donors (Lipinski definition) is 1. The van der Waals surface area contributed by atoms with Crippen molar-refractivity contribution < 1.29 is 18.7 Å². The van der Waals surface area contributed by atoms with Crippen LogP contribution in [0, 0.1) is 12.7 Å². The van der Waals surface area contributed by atoms with Gasteiger partial charge in [-0.3, -0.25) is 4.79 Å². The van der Waals surface area contributed by atoms with Crippen molar-refractivity contribution in [2.75, 3.05) is 0 Å². The van der Waals surface area contributed by atoms with E-state index in [1.807, 2.05) is 62.4 Å². The first-order valence-corrected chi connectivity index (χ1v) is 10.0. The molecule has 3 rings (SSSR count). The highest BCUT2D eigenvalue weighted by atomic mass is 19.1. The Bertz CT molecular complexity index is 955. The van der Waals surface area contributed by atoms with Crippen LogP contribution in [0.5, 0.6) is 11.5 Å². The number of nitrogens with one attached hydrogen (secondary N) is 1. The predicted molar refractivity (Wildman–Crippen MR) is 115 cm³/mol. The fourth-order valence-electron chi connectivity index (χ4n) is 2.92. The Labute approximate surface area is 176 Å². The first-order chi connectivity index (χ1) is 14.5. The Morgan fingerprint density at radius 2 is 1.63 bits per heavy atom. The third kappa shape index (κ3) is 6.08. The summed E-state index contributed by atoms with van der Waals surface area (Å²) in [4.78, 5) is 12.5. The summed E-state index contributed by atoms with van der Waals surface area (Å²) in [5, 5.41) is 2.93. The molecule has 1 atom stereocenters. The minimum absolute atomic E-state index is 0.141. The molecule has 0 aromatic heterocycles. The number of para-hydroxylation sites is 1. The Hall–Kier alpha value is -3.34. The number of aryl methyl sites for hydroxylation is 1. The molecular formula is C25H26FNO3. The van der Waals surface area contributed by atoms with Crippen molar-refractivity contribution in [2.45, 2.75) is 39.5 Å². The summed E-state index contributed by atoms with van der Waals surface area (Å²) >= 11 is 0. The average Bonchev–Trinajstić information content (AvgIpc) is 2.77. The normalized spacial score (nSPS) is 11.6. The zero-order valence-electron chi connectivity index (χ0n) is 17.2. The van der Waals surface area contributed by atoms with Crippen molar-refractivity contribution in [3.63, 3.8) is 0 Å². The molecule has 0 radical (unpaired) electrons. The fraction of sp³-hybridized carbons (Fsp3) is 0.240. The lowest BCUT2D eigenvalue weighted by molar-refractivity contribution is -0.128. The SMILES string of the molecule is CCC(Oc1ccccc1C)C(=O)NCc1ccc(OCc2ccc(F)cc2)cc1. The molecule has 0 saturated carbocycles. The largest absolute Gasteiger partial charge is 0.489 e. The first kappa shape index (κ1) is 21.4. The third-order valence-electron chi connectivity index (χ3n) is 4.73. The lowest BCUT2D eigenvalue weighted by Gasteiger charge is -2.18. The van der Waals surface area contributed by atoms with Crippen molar-refractivity contribution in [1.82, 2.24) is 5.32 Å². The summed E-state index contributed by atoms with van der Waals surface area (Å²) in [6.45, 7) is 4.66. The van der Waals surface area contributed by atoms with Gasteiger partial charge >= 0.3 is 0 Å². The summed E-state index contributed by atoms with van der Waals surface area (Å²) in [5.41, 5.74) is 2.86. The van der Waals surface area contributed by atoms with E-state index >= 15 is 0 Å². The molecule has 0 spiro atoms. The Morgan fingerprint density at radius 1 is 0.967 bits per heavy atom. The standard InChI is InChI=1S/C25H26FNO3/c1-3-23(30-24-7-5-4-6-18(24)2)25(28)27-16-19-10-14-22(15-11-19)29-17-20-8-12-21(26)13-9-20/h4-15,23H,3,16-17H2,1-2H3,(H,27,28). The molecule has 1 unspecified atom stereocenters. The van der Waals surface area contributed by atoms with Gasteiger partial charge < -0.3 is 14.8 Å². The van der Waals surface area contributed by atoms with Gasteiger partial charge in [0.1, 0.15) is 23.9 Å². The van der Waals surface area contributed by atoms with E-state index in [2.05, 4.69) is 5.32 Å². The summed E-state index contributed by atoms with van der Waals surface area (Å²) in [6, 6.07) is 21.4. The highest BCUT2D eigenvalue weighted by Gasteiger charge is 2.18. The second-order valence-electron chi connectivity index (χ2n) is 7.06. The van der Waals surface area contributed by atoms with Gasteiger partial charge in [-0.1, -0.05) is 49.4 Å². The van der Waals surface area contributed by atoms with Gasteiger partial charge in [-0.05, 0) is 60.4 Å². The summed E-state index contributed by atoms with van der Waals surface area (Å²) in [6.07, 6.45) is 0.0421. The highest BCUT2D eigenvalue weighted by molar-refractivity contribution is 5.81. The molecular weight excluding hydrogens is 381 g/mol. The molecule has 3 aromatic carbocycles. The van der Waals surface area contributed by atoms with Crippen LogP contribution in [-0.2, 0) is 17.9 Å². The molecule has 0 fully saturated rings. The topological polar surface area (TPSA) is 47.6 Å². The molecule has 0 bridgehead atoms. The number of carbonyl (C=O) groups excluding carboxylic acids is 1. The van der Waals surface area contributed by atoms with Crippen molar-refractivity contribution in [3.8, 4) is 11.5 Å². The quantitative estimate of drug-likeness (QED) is 0.531. The molecule has 0 aliphatic carbocycles. The number of amides is 1. The number of ether oxygens (including phenoxy) is 2. The van der Waals surface area contributed by atoms with Gasteiger partial charge in [0.2, 0.25) is 0 Å². The van der Waals surface area contributed by atoms with E-state index in [9.17, 15) is 9.18 Å². The van der Waals surface area contributed by atoms with E-state index in [0.717, 1.165) is 22.4 Å². The number of benzene rings is 3. The first-order valence-electron chi connectivity index (χ1n) is 10.0. The van der Waals surface area contributed by atoms with Crippen LogP contribution in [0.25, 0.3) is 0 Å². The molecule has 3 aromatic rings. The van der Waals surface area contributed by atoms with Crippen LogP contribution in [0.2, 0.25) is 0 Å². The number of hydrogen-bond acceptors (Lipinski definition) is 3. The summed E-state index contributed by atoms with van der Waals surface area (Å²) in [5.74, 6) is 1.03. The van der Waals surface area contributed by atoms with Crippen LogP contribution in [0.4, 0.5) is 4.39 Å². The summed E-state index contributed by atoms with van der Waals surface area (Å²) < 4.78 is 24.5. The van der Waals surface area contributed by atoms with Gasteiger partial charge in [0, 0.05) is 6.54 Å². The molecule has 30 heavy (non-hydrogen) atoms. The number of halogens is 1.